The summed E-state index contributed by atoms with van der Waals surface area (Å²) >= 11 is 0. The second kappa shape index (κ2) is 7.84. The zero-order valence-corrected chi connectivity index (χ0v) is 16.4. The van der Waals surface area contributed by atoms with Crippen molar-refractivity contribution in [1.29, 1.82) is 0 Å². The van der Waals surface area contributed by atoms with E-state index in [1.54, 1.807) is 24.5 Å². The lowest BCUT2D eigenvalue weighted by Gasteiger charge is -2.07. The largest absolute Gasteiger partial charge is 0.471 e. The fourth-order valence-electron chi connectivity index (χ4n) is 2.71. The third-order valence-electron chi connectivity index (χ3n) is 4.24. The first-order valence-corrected chi connectivity index (χ1v) is 10.2. The van der Waals surface area contributed by atoms with Crippen LogP contribution in [0.2, 0.25) is 0 Å². The summed E-state index contributed by atoms with van der Waals surface area (Å²) in [6.45, 7) is 0. The maximum absolute atomic E-state index is 12.8. The molecule has 4 aromatic rings. The smallest absolute Gasteiger partial charge is 0.329 e. The summed E-state index contributed by atoms with van der Waals surface area (Å²) in [4.78, 5) is 7.25. The summed E-state index contributed by atoms with van der Waals surface area (Å²) in [6.07, 6.45) is 3.79. The highest BCUT2D eigenvalue weighted by Crippen LogP contribution is 2.27. The van der Waals surface area contributed by atoms with Gasteiger partial charge in [0, 0.05) is 24.8 Å². The standard InChI is InChI=1S/C20H13F3N4O3S/c21-20(22,23)19-25-18(26-30-19)6-1-14-9-12-27(13-14)31(28,29)17-4-2-15(3-5-17)16-7-10-24-11-8-16/h1-13H/b6-1+. The normalized spacial score (nSPS) is 12.5. The van der Waals surface area contributed by atoms with Crippen LogP contribution in [0.3, 0.4) is 0 Å². The van der Waals surface area contributed by atoms with Crippen molar-refractivity contribution in [2.75, 3.05) is 0 Å². The van der Waals surface area contributed by atoms with Gasteiger partial charge in [0.1, 0.15) is 0 Å². The first kappa shape index (κ1) is 20.5. The minimum absolute atomic E-state index is 0.0874. The maximum Gasteiger partial charge on any atom is 0.471 e. The maximum atomic E-state index is 12.8. The lowest BCUT2D eigenvalue weighted by molar-refractivity contribution is -0.159. The summed E-state index contributed by atoms with van der Waals surface area (Å²) in [5, 5.41) is 3.21. The highest BCUT2D eigenvalue weighted by Gasteiger charge is 2.38. The number of aromatic nitrogens is 4. The molecular weight excluding hydrogens is 433 g/mol. The van der Waals surface area contributed by atoms with E-state index in [2.05, 4.69) is 19.6 Å². The van der Waals surface area contributed by atoms with Gasteiger partial charge in [-0.1, -0.05) is 17.3 Å². The number of nitrogens with zero attached hydrogens (tertiary/aromatic N) is 4. The highest BCUT2D eigenvalue weighted by molar-refractivity contribution is 7.90. The highest BCUT2D eigenvalue weighted by atomic mass is 32.2. The van der Waals surface area contributed by atoms with E-state index in [1.807, 2.05) is 12.1 Å². The Hall–Kier alpha value is -3.73. The van der Waals surface area contributed by atoms with Crippen molar-refractivity contribution in [3.05, 3.63) is 84.5 Å². The van der Waals surface area contributed by atoms with Crippen LogP contribution >= 0.6 is 0 Å². The molecule has 0 aliphatic rings. The van der Waals surface area contributed by atoms with Gasteiger partial charge < -0.3 is 4.52 Å². The van der Waals surface area contributed by atoms with Crippen molar-refractivity contribution < 1.29 is 26.1 Å². The number of alkyl halides is 3. The first-order chi connectivity index (χ1) is 14.7. The predicted molar refractivity (Wildman–Crippen MR) is 105 cm³/mol. The Kier molecular flexibility index (Phi) is 5.19. The SMILES string of the molecule is O=S(=O)(c1ccc(-c2ccncc2)cc1)n1ccc(/C=C/c2noc(C(F)(F)F)n2)c1. The predicted octanol–water partition coefficient (Wildman–Crippen LogP) is 4.36. The molecule has 0 saturated heterocycles. The first-order valence-electron chi connectivity index (χ1n) is 8.76. The van der Waals surface area contributed by atoms with Gasteiger partial charge in [-0.25, -0.2) is 12.4 Å². The number of rotatable bonds is 5. The number of pyridine rings is 1. The summed E-state index contributed by atoms with van der Waals surface area (Å²) in [5.41, 5.74) is 2.17. The van der Waals surface area contributed by atoms with Gasteiger partial charge in [-0.3, -0.25) is 4.98 Å². The van der Waals surface area contributed by atoms with Crippen LogP contribution in [0.1, 0.15) is 17.3 Å². The second-order valence-electron chi connectivity index (χ2n) is 6.33. The van der Waals surface area contributed by atoms with E-state index in [1.165, 1.54) is 42.7 Å². The molecule has 0 atom stereocenters. The van der Waals surface area contributed by atoms with Crippen LogP contribution in [-0.2, 0) is 16.2 Å². The van der Waals surface area contributed by atoms with Crippen LogP contribution in [0, 0.1) is 0 Å². The summed E-state index contributed by atoms with van der Waals surface area (Å²) in [5.74, 6) is -1.74. The molecule has 4 rings (SSSR count). The van der Waals surface area contributed by atoms with Crippen molar-refractivity contribution in [3.63, 3.8) is 0 Å². The van der Waals surface area contributed by atoms with Crippen LogP contribution in [0.4, 0.5) is 13.2 Å². The van der Waals surface area contributed by atoms with Gasteiger partial charge in [-0.05, 0) is 59.2 Å². The summed E-state index contributed by atoms with van der Waals surface area (Å²) < 4.78 is 68.3. The lowest BCUT2D eigenvalue weighted by Crippen LogP contribution is -2.10. The molecule has 31 heavy (non-hydrogen) atoms. The molecule has 0 fully saturated rings. The molecule has 3 aromatic heterocycles. The molecule has 0 aliphatic heterocycles. The van der Waals surface area contributed by atoms with Gasteiger partial charge in [-0.2, -0.15) is 18.2 Å². The van der Waals surface area contributed by atoms with Crippen LogP contribution < -0.4 is 0 Å². The molecule has 0 aliphatic carbocycles. The topological polar surface area (TPSA) is 90.9 Å². The molecule has 3 heterocycles. The molecule has 0 amide bonds. The van der Waals surface area contributed by atoms with Gasteiger partial charge in [0.2, 0.25) is 0 Å². The molecule has 0 saturated carbocycles. The summed E-state index contributed by atoms with van der Waals surface area (Å²) in [7, 11) is -3.84. The van der Waals surface area contributed by atoms with Crippen molar-refractivity contribution in [1.82, 2.24) is 19.1 Å². The Bertz CT molecular complexity index is 1330. The van der Waals surface area contributed by atoms with Crippen molar-refractivity contribution >= 4 is 22.2 Å². The molecule has 7 nitrogen and oxygen atoms in total. The van der Waals surface area contributed by atoms with Crippen LogP contribution in [0.15, 0.2) is 76.7 Å². The average molecular weight is 446 g/mol. The number of halogens is 3. The monoisotopic (exact) mass is 446 g/mol. The minimum atomic E-state index is -4.73. The lowest BCUT2D eigenvalue weighted by atomic mass is 10.1. The van der Waals surface area contributed by atoms with E-state index >= 15 is 0 Å². The number of hydrogen-bond acceptors (Lipinski definition) is 6. The van der Waals surface area contributed by atoms with Crippen molar-refractivity contribution in [2.24, 2.45) is 0 Å². The molecule has 0 N–H and O–H groups in total. The molecule has 11 heteroatoms. The van der Waals surface area contributed by atoms with E-state index in [0.29, 0.717) is 5.56 Å². The Morgan fingerprint density at radius 3 is 2.26 bits per heavy atom. The van der Waals surface area contributed by atoms with Gasteiger partial charge >= 0.3 is 12.1 Å². The zero-order chi connectivity index (χ0) is 22.1. The van der Waals surface area contributed by atoms with Crippen molar-refractivity contribution in [3.8, 4) is 11.1 Å². The molecular formula is C20H13F3N4O3S. The average Bonchev–Trinajstić information content (AvgIpc) is 3.43. The van der Waals surface area contributed by atoms with E-state index in [-0.39, 0.29) is 10.7 Å². The molecule has 0 bridgehead atoms. The van der Waals surface area contributed by atoms with Gasteiger partial charge in [0.25, 0.3) is 10.0 Å². The minimum Gasteiger partial charge on any atom is -0.329 e. The third-order valence-corrected chi connectivity index (χ3v) is 5.89. The third kappa shape index (κ3) is 4.40. The Morgan fingerprint density at radius 2 is 1.61 bits per heavy atom. The Balaban J connectivity index is 1.53. The fourth-order valence-corrected chi connectivity index (χ4v) is 3.92. The molecule has 0 radical (unpaired) electrons. The molecule has 0 unspecified atom stereocenters. The Labute approximate surface area is 174 Å². The van der Waals surface area contributed by atoms with Crippen LogP contribution in [0.25, 0.3) is 23.3 Å². The van der Waals surface area contributed by atoms with Crippen molar-refractivity contribution in [2.45, 2.75) is 11.1 Å². The Morgan fingerprint density at radius 1 is 0.935 bits per heavy atom. The van der Waals surface area contributed by atoms with Gasteiger partial charge in [0.15, 0.2) is 5.82 Å². The van der Waals surface area contributed by atoms with E-state index < -0.39 is 22.1 Å². The molecule has 158 valence electrons. The molecule has 0 spiro atoms. The zero-order valence-electron chi connectivity index (χ0n) is 15.6. The molecule has 1 aromatic carbocycles. The number of hydrogen-bond donors (Lipinski definition) is 0. The fraction of sp³-hybridized carbons (Fsp3) is 0.0500. The summed E-state index contributed by atoms with van der Waals surface area (Å²) in [6, 6.07) is 11.5. The van der Waals surface area contributed by atoms with E-state index in [0.717, 1.165) is 15.1 Å². The van der Waals surface area contributed by atoms with Gasteiger partial charge in [-0.15, -0.1) is 0 Å². The van der Waals surface area contributed by atoms with Gasteiger partial charge in [0.05, 0.1) is 4.90 Å². The second-order valence-corrected chi connectivity index (χ2v) is 8.17. The van der Waals surface area contributed by atoms with E-state index in [9.17, 15) is 21.6 Å². The quantitative estimate of drug-likeness (QED) is 0.453. The van der Waals surface area contributed by atoms with Crippen LogP contribution in [-0.4, -0.2) is 27.5 Å². The van der Waals surface area contributed by atoms with E-state index in [4.69, 9.17) is 0 Å². The number of benzene rings is 1. The van der Waals surface area contributed by atoms with Crippen LogP contribution in [0.5, 0.6) is 0 Å².